The fourth-order valence-corrected chi connectivity index (χ4v) is 2.76. The van der Waals surface area contributed by atoms with Gasteiger partial charge < -0.3 is 15.5 Å². The number of nitrogens with one attached hydrogen (secondary N) is 1. The molecule has 0 aromatic heterocycles. The molecule has 3 N–H and O–H groups in total. The molecule has 20 heavy (non-hydrogen) atoms. The number of hydrogen-bond donors (Lipinski definition) is 3. The van der Waals surface area contributed by atoms with E-state index in [2.05, 4.69) is 12.2 Å². The summed E-state index contributed by atoms with van der Waals surface area (Å²) in [7, 11) is 0. The monoisotopic (exact) mass is 277 g/mol. The lowest BCUT2D eigenvalue weighted by Gasteiger charge is -2.35. The molecule has 0 aliphatic heterocycles. The van der Waals surface area contributed by atoms with Crippen LogP contribution in [0, 0.1) is 12.8 Å². The average Bonchev–Trinajstić information content (AvgIpc) is 2.40. The lowest BCUT2D eigenvalue weighted by molar-refractivity contribution is 0.00500. The number of carboxylic acid groups (broad SMARTS) is 1. The number of aromatic carboxylic acids is 1. The van der Waals surface area contributed by atoms with Crippen LogP contribution < -0.4 is 5.32 Å². The number of aryl methyl sites for hydroxylation is 1. The van der Waals surface area contributed by atoms with Crippen LogP contribution >= 0.6 is 0 Å². The molecule has 4 heteroatoms. The Morgan fingerprint density at radius 1 is 1.40 bits per heavy atom. The molecule has 0 amide bonds. The highest BCUT2D eigenvalue weighted by Crippen LogP contribution is 2.32. The van der Waals surface area contributed by atoms with E-state index < -0.39 is 11.6 Å². The molecule has 0 bridgehead atoms. The molecule has 1 saturated carbocycles. The smallest absolute Gasteiger partial charge is 0.335 e. The molecule has 0 saturated heterocycles. The molecular formula is C16H23NO3. The lowest BCUT2D eigenvalue weighted by atomic mass is 9.79. The molecule has 110 valence electrons. The molecule has 1 aliphatic carbocycles. The zero-order chi connectivity index (χ0) is 14.8. The van der Waals surface area contributed by atoms with E-state index in [4.69, 9.17) is 5.11 Å². The summed E-state index contributed by atoms with van der Waals surface area (Å²) in [5, 5.41) is 22.7. The summed E-state index contributed by atoms with van der Waals surface area (Å²) in [6.45, 7) is 4.53. The Hall–Kier alpha value is -1.55. The van der Waals surface area contributed by atoms with E-state index >= 15 is 0 Å². The van der Waals surface area contributed by atoms with Gasteiger partial charge in [0.15, 0.2) is 0 Å². The Labute approximate surface area is 119 Å². The van der Waals surface area contributed by atoms with Gasteiger partial charge in [-0.05, 0) is 62.3 Å². The maximum absolute atomic E-state index is 11.0. The number of hydrogen-bond acceptors (Lipinski definition) is 3. The van der Waals surface area contributed by atoms with Crippen LogP contribution in [0.1, 0.15) is 48.5 Å². The first kappa shape index (κ1) is 14.9. The van der Waals surface area contributed by atoms with E-state index in [1.807, 2.05) is 6.07 Å². The molecule has 1 aromatic rings. The van der Waals surface area contributed by atoms with Crippen LogP contribution in [0.15, 0.2) is 18.2 Å². The molecule has 1 fully saturated rings. The highest BCUT2D eigenvalue weighted by atomic mass is 16.4. The first-order chi connectivity index (χ1) is 9.39. The van der Waals surface area contributed by atoms with Crippen LogP contribution in [-0.4, -0.2) is 28.3 Å². The molecule has 0 radical (unpaired) electrons. The van der Waals surface area contributed by atoms with E-state index in [-0.39, 0.29) is 0 Å². The molecular weight excluding hydrogens is 254 g/mol. The van der Waals surface area contributed by atoms with Crippen LogP contribution in [0.2, 0.25) is 0 Å². The van der Waals surface area contributed by atoms with E-state index in [0.29, 0.717) is 18.0 Å². The Balaban J connectivity index is 1.97. The van der Waals surface area contributed by atoms with E-state index in [1.54, 1.807) is 19.1 Å². The van der Waals surface area contributed by atoms with Crippen LogP contribution in [0.4, 0.5) is 5.69 Å². The minimum atomic E-state index is -0.908. The minimum Gasteiger partial charge on any atom is -0.478 e. The summed E-state index contributed by atoms with van der Waals surface area (Å²) in [6.07, 6.45) is 3.78. The second-order valence-corrected chi connectivity index (χ2v) is 6.10. The summed E-state index contributed by atoms with van der Waals surface area (Å²) < 4.78 is 0. The van der Waals surface area contributed by atoms with Crippen molar-refractivity contribution in [3.63, 3.8) is 0 Å². The zero-order valence-electron chi connectivity index (χ0n) is 12.1. The predicted molar refractivity (Wildman–Crippen MR) is 79.2 cm³/mol. The SMILES string of the molecule is Cc1cc(NCC2(O)CCC(C)CC2)ccc1C(=O)O. The molecule has 0 heterocycles. The van der Waals surface area contributed by atoms with Crippen molar-refractivity contribution in [2.75, 3.05) is 11.9 Å². The van der Waals surface area contributed by atoms with Crippen LogP contribution in [-0.2, 0) is 0 Å². The van der Waals surface area contributed by atoms with Crippen molar-refractivity contribution in [1.29, 1.82) is 0 Å². The van der Waals surface area contributed by atoms with Crippen molar-refractivity contribution in [3.05, 3.63) is 29.3 Å². The van der Waals surface area contributed by atoms with Crippen molar-refractivity contribution in [2.24, 2.45) is 5.92 Å². The Kier molecular flexibility index (Phi) is 4.33. The van der Waals surface area contributed by atoms with E-state index in [9.17, 15) is 9.90 Å². The number of carboxylic acids is 1. The topological polar surface area (TPSA) is 69.6 Å². The second kappa shape index (κ2) is 5.83. The average molecular weight is 277 g/mol. The maximum atomic E-state index is 11.0. The third-order valence-electron chi connectivity index (χ3n) is 4.28. The fraction of sp³-hybridized carbons (Fsp3) is 0.562. The van der Waals surface area contributed by atoms with Gasteiger partial charge in [-0.1, -0.05) is 6.92 Å². The molecule has 4 nitrogen and oxygen atoms in total. The van der Waals surface area contributed by atoms with Gasteiger partial charge in [0, 0.05) is 12.2 Å². The van der Waals surface area contributed by atoms with Gasteiger partial charge in [-0.15, -0.1) is 0 Å². The third-order valence-corrected chi connectivity index (χ3v) is 4.28. The third kappa shape index (κ3) is 3.51. The molecule has 0 spiro atoms. The first-order valence-corrected chi connectivity index (χ1v) is 7.20. The number of benzene rings is 1. The van der Waals surface area contributed by atoms with Gasteiger partial charge in [-0.3, -0.25) is 0 Å². The van der Waals surface area contributed by atoms with E-state index in [1.165, 1.54) is 0 Å². The normalized spacial score (nSPS) is 26.2. The van der Waals surface area contributed by atoms with Crippen LogP contribution in [0.25, 0.3) is 0 Å². The molecule has 1 aliphatic rings. The van der Waals surface area contributed by atoms with Crippen molar-refractivity contribution < 1.29 is 15.0 Å². The van der Waals surface area contributed by atoms with Gasteiger partial charge in [0.2, 0.25) is 0 Å². The van der Waals surface area contributed by atoms with Gasteiger partial charge in [-0.25, -0.2) is 4.79 Å². The van der Waals surface area contributed by atoms with Crippen LogP contribution in [0.5, 0.6) is 0 Å². The van der Waals surface area contributed by atoms with Crippen molar-refractivity contribution in [1.82, 2.24) is 0 Å². The first-order valence-electron chi connectivity index (χ1n) is 7.20. The number of rotatable bonds is 4. The minimum absolute atomic E-state index is 0.320. The molecule has 0 unspecified atom stereocenters. The van der Waals surface area contributed by atoms with Gasteiger partial charge >= 0.3 is 5.97 Å². The summed E-state index contributed by atoms with van der Waals surface area (Å²) in [4.78, 5) is 11.0. The fourth-order valence-electron chi connectivity index (χ4n) is 2.76. The highest BCUT2D eigenvalue weighted by molar-refractivity contribution is 5.89. The zero-order valence-corrected chi connectivity index (χ0v) is 12.1. The van der Waals surface area contributed by atoms with Gasteiger partial charge in [0.25, 0.3) is 0 Å². The summed E-state index contributed by atoms with van der Waals surface area (Å²) in [5.74, 6) is -0.207. The number of carbonyl (C=O) groups is 1. The predicted octanol–water partition coefficient (Wildman–Crippen LogP) is 3.05. The molecule has 1 aromatic carbocycles. The van der Waals surface area contributed by atoms with Crippen molar-refractivity contribution in [2.45, 2.75) is 45.1 Å². The molecule has 0 atom stereocenters. The maximum Gasteiger partial charge on any atom is 0.335 e. The van der Waals surface area contributed by atoms with Gasteiger partial charge in [0.05, 0.1) is 11.2 Å². The number of anilines is 1. The summed E-state index contributed by atoms with van der Waals surface area (Å²) >= 11 is 0. The second-order valence-electron chi connectivity index (χ2n) is 6.10. The van der Waals surface area contributed by atoms with Crippen molar-refractivity contribution in [3.8, 4) is 0 Å². The quantitative estimate of drug-likeness (QED) is 0.791. The largest absolute Gasteiger partial charge is 0.478 e. The Morgan fingerprint density at radius 2 is 2.05 bits per heavy atom. The summed E-state index contributed by atoms with van der Waals surface area (Å²) in [5.41, 5.74) is 1.28. The highest BCUT2D eigenvalue weighted by Gasteiger charge is 2.31. The van der Waals surface area contributed by atoms with E-state index in [0.717, 1.165) is 36.9 Å². The standard InChI is InChI=1S/C16H23NO3/c1-11-5-7-16(20,8-6-11)10-17-13-3-4-14(15(18)19)12(2)9-13/h3-4,9,11,17,20H,5-8,10H2,1-2H3,(H,18,19). The van der Waals surface area contributed by atoms with Gasteiger partial charge in [-0.2, -0.15) is 0 Å². The van der Waals surface area contributed by atoms with Crippen molar-refractivity contribution >= 4 is 11.7 Å². The summed E-state index contributed by atoms with van der Waals surface area (Å²) in [6, 6.07) is 5.18. The lowest BCUT2D eigenvalue weighted by Crippen LogP contribution is -2.40. The van der Waals surface area contributed by atoms with Crippen LogP contribution in [0.3, 0.4) is 0 Å². The van der Waals surface area contributed by atoms with Gasteiger partial charge in [0.1, 0.15) is 0 Å². The number of aliphatic hydroxyl groups is 1. The Morgan fingerprint density at radius 3 is 2.60 bits per heavy atom. The molecule has 2 rings (SSSR count). The Bertz CT molecular complexity index is 490.